The van der Waals surface area contributed by atoms with Crippen molar-refractivity contribution in [3.63, 3.8) is 0 Å². The molecular weight excluding hydrogens is 244 g/mol. The van der Waals surface area contributed by atoms with Crippen LogP contribution in [-0.2, 0) is 0 Å². The van der Waals surface area contributed by atoms with Crippen molar-refractivity contribution in [2.45, 2.75) is 37.5 Å². The second-order valence-electron chi connectivity index (χ2n) is 6.95. The summed E-state index contributed by atoms with van der Waals surface area (Å²) in [6, 6.07) is 9.67. The Morgan fingerprint density at radius 3 is 2.30 bits per heavy atom. The molecule has 1 N–H and O–H groups in total. The third kappa shape index (κ3) is 2.40. The molecule has 0 saturated carbocycles. The summed E-state index contributed by atoms with van der Waals surface area (Å²) < 4.78 is 0. The van der Waals surface area contributed by atoms with Crippen LogP contribution in [0.4, 0.5) is 0 Å². The number of nitrogens with one attached hydrogen (secondary N) is 1. The van der Waals surface area contributed by atoms with E-state index in [4.69, 9.17) is 0 Å². The number of benzene rings is 1. The van der Waals surface area contributed by atoms with E-state index in [0.717, 1.165) is 17.8 Å². The van der Waals surface area contributed by atoms with Gasteiger partial charge in [-0.2, -0.15) is 0 Å². The fourth-order valence-electron chi connectivity index (χ4n) is 4.49. The van der Waals surface area contributed by atoms with Gasteiger partial charge in [0, 0.05) is 13.1 Å². The molecule has 4 aliphatic rings. The van der Waals surface area contributed by atoms with E-state index in [-0.39, 0.29) is 0 Å². The lowest BCUT2D eigenvalue weighted by Crippen LogP contribution is -2.46. The number of hydrogen-bond donors (Lipinski definition) is 1. The van der Waals surface area contributed by atoms with Crippen molar-refractivity contribution in [2.75, 3.05) is 32.7 Å². The van der Waals surface area contributed by atoms with Gasteiger partial charge in [0.25, 0.3) is 0 Å². The Morgan fingerprint density at radius 1 is 0.950 bits per heavy atom. The molecule has 2 atom stereocenters. The molecular formula is C18H26N2. The van der Waals surface area contributed by atoms with Gasteiger partial charge in [-0.1, -0.05) is 24.3 Å². The maximum atomic E-state index is 3.53. The van der Waals surface area contributed by atoms with E-state index >= 15 is 0 Å². The first kappa shape index (κ1) is 12.8. The van der Waals surface area contributed by atoms with Gasteiger partial charge in [-0.3, -0.25) is 0 Å². The monoisotopic (exact) mass is 270 g/mol. The molecule has 0 spiro atoms. The van der Waals surface area contributed by atoms with Gasteiger partial charge in [0.05, 0.1) is 0 Å². The summed E-state index contributed by atoms with van der Waals surface area (Å²) in [4.78, 5) is 2.66. The third-order valence-corrected chi connectivity index (χ3v) is 5.79. The minimum Gasteiger partial charge on any atom is -0.316 e. The minimum atomic E-state index is 0.740. The van der Waals surface area contributed by atoms with E-state index in [9.17, 15) is 0 Å². The molecule has 108 valence electrons. The molecule has 2 nitrogen and oxygen atoms in total. The van der Waals surface area contributed by atoms with E-state index in [0.29, 0.717) is 0 Å². The highest BCUT2D eigenvalue weighted by molar-refractivity contribution is 5.29. The van der Waals surface area contributed by atoms with Gasteiger partial charge in [-0.05, 0) is 74.2 Å². The van der Waals surface area contributed by atoms with Crippen molar-refractivity contribution in [1.82, 2.24) is 10.2 Å². The van der Waals surface area contributed by atoms with Crippen molar-refractivity contribution in [3.05, 3.63) is 35.4 Å². The summed E-state index contributed by atoms with van der Waals surface area (Å²) in [5.41, 5.74) is 3.13. The molecule has 1 aromatic carbocycles. The molecule has 0 aromatic heterocycles. The lowest BCUT2D eigenvalue weighted by Gasteiger charge is -2.45. The fourth-order valence-corrected chi connectivity index (χ4v) is 4.49. The Bertz CT molecular complexity index is 439. The van der Waals surface area contributed by atoms with Gasteiger partial charge in [0.1, 0.15) is 0 Å². The summed E-state index contributed by atoms with van der Waals surface area (Å²) in [7, 11) is 0. The molecule has 0 amide bonds. The van der Waals surface area contributed by atoms with Gasteiger partial charge < -0.3 is 10.2 Å². The lowest BCUT2D eigenvalue weighted by atomic mass is 9.75. The maximum Gasteiger partial charge on any atom is 0.00530 e. The summed E-state index contributed by atoms with van der Waals surface area (Å²) in [5, 5.41) is 3.53. The Morgan fingerprint density at radius 2 is 1.70 bits per heavy atom. The van der Waals surface area contributed by atoms with Crippen LogP contribution in [0.2, 0.25) is 0 Å². The minimum absolute atomic E-state index is 0.740. The number of piperidine rings is 4. The standard InChI is InChI=1S/C18H26N2/c1-2-17(12-19-9-1)14-3-5-15(6-4-14)18-13-20-10-7-16(18)8-11-20/h3-6,16-19H,1-2,7-13H2. The van der Waals surface area contributed by atoms with E-state index in [1.54, 1.807) is 11.1 Å². The average molecular weight is 270 g/mol. The zero-order valence-electron chi connectivity index (χ0n) is 12.4. The van der Waals surface area contributed by atoms with Gasteiger partial charge in [-0.15, -0.1) is 0 Å². The molecule has 4 heterocycles. The first-order valence-electron chi connectivity index (χ1n) is 8.43. The van der Waals surface area contributed by atoms with Gasteiger partial charge in [0.15, 0.2) is 0 Å². The Labute approximate surface area is 122 Å². The van der Waals surface area contributed by atoms with Gasteiger partial charge >= 0.3 is 0 Å². The number of hydrogen-bond acceptors (Lipinski definition) is 2. The Hall–Kier alpha value is -0.860. The molecule has 2 unspecified atom stereocenters. The number of fused-ring (bicyclic) bond motifs is 3. The second kappa shape index (κ2) is 5.50. The Kier molecular flexibility index (Phi) is 3.53. The zero-order chi connectivity index (χ0) is 13.4. The summed E-state index contributed by atoms with van der Waals surface area (Å²) in [6.45, 7) is 6.35. The summed E-state index contributed by atoms with van der Waals surface area (Å²) in [6.07, 6.45) is 5.51. The topological polar surface area (TPSA) is 15.3 Å². The summed E-state index contributed by atoms with van der Waals surface area (Å²) in [5.74, 6) is 2.49. The van der Waals surface area contributed by atoms with Crippen LogP contribution < -0.4 is 5.32 Å². The summed E-state index contributed by atoms with van der Waals surface area (Å²) >= 11 is 0. The van der Waals surface area contributed by atoms with Crippen molar-refractivity contribution >= 4 is 0 Å². The van der Waals surface area contributed by atoms with E-state index in [1.165, 1.54) is 58.4 Å². The molecule has 2 bridgehead atoms. The predicted octanol–water partition coefficient (Wildman–Crippen LogP) is 2.96. The molecule has 1 aromatic rings. The third-order valence-electron chi connectivity index (χ3n) is 5.79. The Balaban J connectivity index is 1.49. The van der Waals surface area contributed by atoms with Crippen molar-refractivity contribution < 1.29 is 0 Å². The average Bonchev–Trinajstić information content (AvgIpc) is 2.57. The molecule has 4 fully saturated rings. The molecule has 4 saturated heterocycles. The molecule has 0 radical (unpaired) electrons. The van der Waals surface area contributed by atoms with Crippen LogP contribution in [0.5, 0.6) is 0 Å². The molecule has 0 aliphatic carbocycles. The van der Waals surface area contributed by atoms with Gasteiger partial charge in [-0.25, -0.2) is 0 Å². The van der Waals surface area contributed by atoms with E-state index in [2.05, 4.69) is 34.5 Å². The zero-order valence-corrected chi connectivity index (χ0v) is 12.4. The van der Waals surface area contributed by atoms with Crippen LogP contribution in [0, 0.1) is 5.92 Å². The maximum absolute atomic E-state index is 3.53. The van der Waals surface area contributed by atoms with Crippen molar-refractivity contribution in [2.24, 2.45) is 5.92 Å². The molecule has 4 aliphatic heterocycles. The molecule has 2 heteroatoms. The van der Waals surface area contributed by atoms with E-state index < -0.39 is 0 Å². The van der Waals surface area contributed by atoms with Crippen molar-refractivity contribution in [3.8, 4) is 0 Å². The van der Waals surface area contributed by atoms with Crippen LogP contribution in [0.3, 0.4) is 0 Å². The van der Waals surface area contributed by atoms with Crippen LogP contribution in [0.25, 0.3) is 0 Å². The lowest BCUT2D eigenvalue weighted by molar-refractivity contribution is 0.0871. The quantitative estimate of drug-likeness (QED) is 0.889. The predicted molar refractivity (Wildman–Crippen MR) is 83.2 cm³/mol. The van der Waals surface area contributed by atoms with E-state index in [1.807, 2.05) is 0 Å². The first-order valence-corrected chi connectivity index (χ1v) is 8.43. The second-order valence-corrected chi connectivity index (χ2v) is 6.95. The fraction of sp³-hybridized carbons (Fsp3) is 0.667. The highest BCUT2D eigenvalue weighted by Gasteiger charge is 2.34. The largest absolute Gasteiger partial charge is 0.316 e. The number of nitrogens with zero attached hydrogens (tertiary/aromatic N) is 1. The van der Waals surface area contributed by atoms with Crippen molar-refractivity contribution in [1.29, 1.82) is 0 Å². The normalized spacial score (nSPS) is 37.0. The first-order chi connectivity index (χ1) is 9.90. The smallest absolute Gasteiger partial charge is 0.00530 e. The van der Waals surface area contributed by atoms with Crippen LogP contribution in [-0.4, -0.2) is 37.6 Å². The number of rotatable bonds is 2. The highest BCUT2D eigenvalue weighted by atomic mass is 15.1. The van der Waals surface area contributed by atoms with Crippen LogP contribution in [0.1, 0.15) is 48.6 Å². The highest BCUT2D eigenvalue weighted by Crippen LogP contribution is 2.39. The molecule has 5 rings (SSSR count). The SMILES string of the molecule is c1cc(C2CN3CCC2CC3)ccc1C1CCCNC1. The van der Waals surface area contributed by atoms with Gasteiger partial charge in [0.2, 0.25) is 0 Å². The van der Waals surface area contributed by atoms with Crippen LogP contribution in [0.15, 0.2) is 24.3 Å². The van der Waals surface area contributed by atoms with Crippen LogP contribution >= 0.6 is 0 Å². The molecule has 20 heavy (non-hydrogen) atoms.